The third-order valence-electron chi connectivity index (χ3n) is 3.11. The Hall–Kier alpha value is -2.61. The normalized spacial score (nSPS) is 12.0. The van der Waals surface area contributed by atoms with E-state index in [9.17, 15) is 4.79 Å². The van der Waals surface area contributed by atoms with Gasteiger partial charge in [-0.1, -0.05) is 30.3 Å². The van der Waals surface area contributed by atoms with Crippen molar-refractivity contribution in [1.29, 1.82) is 0 Å². The van der Waals surface area contributed by atoms with E-state index in [1.165, 1.54) is 11.0 Å². The van der Waals surface area contributed by atoms with E-state index in [4.69, 9.17) is 0 Å². The lowest BCUT2D eigenvalue weighted by atomic mass is 10.1. The van der Waals surface area contributed by atoms with E-state index in [1.54, 1.807) is 17.5 Å². The highest BCUT2D eigenvalue weighted by molar-refractivity contribution is 7.09. The minimum Gasteiger partial charge on any atom is -0.354 e. The Labute approximate surface area is 131 Å². The van der Waals surface area contributed by atoms with Crippen LogP contribution in [0.5, 0.6) is 0 Å². The molecule has 3 rings (SSSR count). The van der Waals surface area contributed by atoms with Gasteiger partial charge in [0.25, 0.3) is 0 Å². The molecule has 1 amide bonds. The summed E-state index contributed by atoms with van der Waals surface area (Å²) in [6, 6.07) is 8.86. The Balaban J connectivity index is 1.70. The molecule has 0 aliphatic carbocycles. The number of benzene rings is 1. The maximum absolute atomic E-state index is 12.5. The first-order valence-electron chi connectivity index (χ1n) is 6.78. The SMILES string of the molecule is O=C(NCCc1nccs1)[C@@H](c1ccccc1)n1cnnn1. The first kappa shape index (κ1) is 14.3. The van der Waals surface area contributed by atoms with Crippen molar-refractivity contribution in [2.24, 2.45) is 0 Å². The molecule has 0 unspecified atom stereocenters. The molecule has 0 fully saturated rings. The van der Waals surface area contributed by atoms with Crippen LogP contribution in [0, 0.1) is 0 Å². The van der Waals surface area contributed by atoms with Gasteiger partial charge in [0, 0.05) is 24.5 Å². The number of nitrogens with zero attached hydrogens (tertiary/aromatic N) is 5. The molecule has 1 aromatic carbocycles. The van der Waals surface area contributed by atoms with Crippen LogP contribution >= 0.6 is 11.3 Å². The van der Waals surface area contributed by atoms with E-state index >= 15 is 0 Å². The number of hydrogen-bond acceptors (Lipinski definition) is 6. The first-order chi connectivity index (χ1) is 10.8. The first-order valence-corrected chi connectivity index (χ1v) is 7.66. The molecular formula is C14H14N6OS. The Morgan fingerprint density at radius 1 is 1.32 bits per heavy atom. The quantitative estimate of drug-likeness (QED) is 0.736. The van der Waals surface area contributed by atoms with Crippen molar-refractivity contribution < 1.29 is 4.79 Å². The number of nitrogens with one attached hydrogen (secondary N) is 1. The summed E-state index contributed by atoms with van der Waals surface area (Å²) >= 11 is 1.58. The fraction of sp³-hybridized carbons (Fsp3) is 0.214. The van der Waals surface area contributed by atoms with Crippen LogP contribution in [0.25, 0.3) is 0 Å². The van der Waals surface area contributed by atoms with Crippen molar-refractivity contribution in [3.63, 3.8) is 0 Å². The Morgan fingerprint density at radius 2 is 2.18 bits per heavy atom. The van der Waals surface area contributed by atoms with Crippen molar-refractivity contribution in [2.45, 2.75) is 12.5 Å². The van der Waals surface area contributed by atoms with Crippen LogP contribution in [0.4, 0.5) is 0 Å². The summed E-state index contributed by atoms with van der Waals surface area (Å²) in [4.78, 5) is 16.7. The predicted molar refractivity (Wildman–Crippen MR) is 81.2 cm³/mol. The zero-order valence-electron chi connectivity index (χ0n) is 11.7. The fourth-order valence-corrected chi connectivity index (χ4v) is 2.73. The van der Waals surface area contributed by atoms with E-state index in [-0.39, 0.29) is 5.91 Å². The summed E-state index contributed by atoms with van der Waals surface area (Å²) in [5, 5.41) is 16.9. The zero-order chi connectivity index (χ0) is 15.2. The second-order valence-electron chi connectivity index (χ2n) is 4.57. The monoisotopic (exact) mass is 314 g/mol. The second-order valence-corrected chi connectivity index (χ2v) is 5.55. The Morgan fingerprint density at radius 3 is 2.86 bits per heavy atom. The van der Waals surface area contributed by atoms with Gasteiger partial charge in [-0.3, -0.25) is 4.79 Å². The van der Waals surface area contributed by atoms with Gasteiger partial charge in [-0.05, 0) is 16.0 Å². The number of hydrogen-bond donors (Lipinski definition) is 1. The molecule has 0 spiro atoms. The van der Waals surface area contributed by atoms with Crippen LogP contribution in [0.2, 0.25) is 0 Å². The van der Waals surface area contributed by atoms with Crippen molar-refractivity contribution in [1.82, 2.24) is 30.5 Å². The van der Waals surface area contributed by atoms with Gasteiger partial charge in [-0.2, -0.15) is 0 Å². The number of rotatable bonds is 6. The summed E-state index contributed by atoms with van der Waals surface area (Å²) < 4.78 is 1.45. The average Bonchev–Trinajstić information content (AvgIpc) is 3.22. The molecule has 22 heavy (non-hydrogen) atoms. The van der Waals surface area contributed by atoms with Crippen LogP contribution in [0.3, 0.4) is 0 Å². The third kappa shape index (κ3) is 3.34. The topological polar surface area (TPSA) is 85.6 Å². The highest BCUT2D eigenvalue weighted by Crippen LogP contribution is 2.16. The lowest BCUT2D eigenvalue weighted by molar-refractivity contribution is -0.123. The molecule has 0 bridgehead atoms. The summed E-state index contributed by atoms with van der Waals surface area (Å²) in [5.41, 5.74) is 0.835. The molecule has 7 nitrogen and oxygen atoms in total. The molecule has 0 aliphatic heterocycles. The molecule has 0 saturated carbocycles. The van der Waals surface area contributed by atoms with Crippen LogP contribution in [-0.2, 0) is 11.2 Å². The van der Waals surface area contributed by atoms with Crippen molar-refractivity contribution in [3.05, 3.63) is 58.8 Å². The van der Waals surface area contributed by atoms with Crippen LogP contribution in [0.15, 0.2) is 48.2 Å². The summed E-state index contributed by atoms with van der Waals surface area (Å²) in [7, 11) is 0. The molecule has 0 aliphatic rings. The molecule has 8 heteroatoms. The van der Waals surface area contributed by atoms with Gasteiger partial charge in [0.1, 0.15) is 6.33 Å². The third-order valence-corrected chi connectivity index (χ3v) is 3.95. The lowest BCUT2D eigenvalue weighted by Gasteiger charge is -2.16. The van der Waals surface area contributed by atoms with Crippen molar-refractivity contribution >= 4 is 17.2 Å². The zero-order valence-corrected chi connectivity index (χ0v) is 12.5. The molecule has 112 valence electrons. The molecule has 1 atom stereocenters. The largest absolute Gasteiger partial charge is 0.354 e. The van der Waals surface area contributed by atoms with Gasteiger partial charge in [-0.25, -0.2) is 9.67 Å². The Kier molecular flexibility index (Phi) is 4.50. The molecule has 0 radical (unpaired) electrons. The number of amides is 1. The smallest absolute Gasteiger partial charge is 0.249 e. The van der Waals surface area contributed by atoms with Crippen LogP contribution < -0.4 is 5.32 Å². The van der Waals surface area contributed by atoms with E-state index in [0.717, 1.165) is 10.6 Å². The molecule has 0 saturated heterocycles. The highest BCUT2D eigenvalue weighted by Gasteiger charge is 2.23. The van der Waals surface area contributed by atoms with E-state index in [2.05, 4.69) is 25.8 Å². The summed E-state index contributed by atoms with van der Waals surface area (Å²) in [5.74, 6) is -0.143. The van der Waals surface area contributed by atoms with Crippen LogP contribution in [0.1, 0.15) is 16.6 Å². The minimum atomic E-state index is -0.576. The maximum Gasteiger partial charge on any atom is 0.249 e. The van der Waals surface area contributed by atoms with Gasteiger partial charge in [-0.15, -0.1) is 16.4 Å². The van der Waals surface area contributed by atoms with Gasteiger partial charge < -0.3 is 5.32 Å². The number of carbonyl (C=O) groups excluding carboxylic acids is 1. The number of aromatic nitrogens is 5. The van der Waals surface area contributed by atoms with Gasteiger partial charge in [0.05, 0.1) is 5.01 Å². The molecule has 3 aromatic rings. The number of tetrazole rings is 1. The van der Waals surface area contributed by atoms with E-state index < -0.39 is 6.04 Å². The minimum absolute atomic E-state index is 0.143. The predicted octanol–water partition coefficient (Wildman–Crippen LogP) is 1.08. The number of thiazole rings is 1. The van der Waals surface area contributed by atoms with Gasteiger partial charge >= 0.3 is 0 Å². The summed E-state index contributed by atoms with van der Waals surface area (Å²) in [6.07, 6.45) is 3.91. The number of carbonyl (C=O) groups is 1. The second kappa shape index (κ2) is 6.90. The van der Waals surface area contributed by atoms with Gasteiger partial charge in [0.15, 0.2) is 6.04 Å². The van der Waals surface area contributed by atoms with Crippen molar-refractivity contribution in [2.75, 3.05) is 6.54 Å². The fourth-order valence-electron chi connectivity index (χ4n) is 2.11. The molecular weight excluding hydrogens is 300 g/mol. The maximum atomic E-state index is 12.5. The highest BCUT2D eigenvalue weighted by atomic mass is 32.1. The molecule has 2 aromatic heterocycles. The molecule has 1 N–H and O–H groups in total. The lowest BCUT2D eigenvalue weighted by Crippen LogP contribution is -2.34. The van der Waals surface area contributed by atoms with Gasteiger partial charge in [0.2, 0.25) is 5.91 Å². The Bertz CT molecular complexity index is 698. The summed E-state index contributed by atoms with van der Waals surface area (Å²) in [6.45, 7) is 0.526. The van der Waals surface area contributed by atoms with E-state index in [1.807, 2.05) is 35.7 Å². The average molecular weight is 314 g/mol. The standard InChI is InChI=1S/C14H14N6OS/c21-14(16-7-6-12-15-8-9-22-12)13(20-10-17-18-19-20)11-4-2-1-3-5-11/h1-5,8-10,13H,6-7H2,(H,16,21)/t13-/m1/s1. The molecule has 2 heterocycles. The van der Waals surface area contributed by atoms with Crippen LogP contribution in [-0.4, -0.2) is 37.6 Å². The van der Waals surface area contributed by atoms with Crippen molar-refractivity contribution in [3.8, 4) is 0 Å². The van der Waals surface area contributed by atoms with E-state index in [0.29, 0.717) is 13.0 Å².